The average molecular weight is 351 g/mol. The second-order valence-corrected chi connectivity index (χ2v) is 6.59. The molecule has 0 amide bonds. The van der Waals surface area contributed by atoms with Gasteiger partial charge in [0.1, 0.15) is 0 Å². The summed E-state index contributed by atoms with van der Waals surface area (Å²) in [7, 11) is 1.79. The van der Waals surface area contributed by atoms with Gasteiger partial charge in [-0.05, 0) is 31.0 Å². The van der Waals surface area contributed by atoms with Crippen molar-refractivity contribution in [2.24, 2.45) is 13.0 Å². The second kappa shape index (κ2) is 7.11. The minimum atomic E-state index is -0.0124. The first-order valence-corrected chi connectivity index (χ1v) is 8.83. The van der Waals surface area contributed by atoms with E-state index in [1.165, 1.54) is 0 Å². The van der Waals surface area contributed by atoms with Crippen LogP contribution >= 0.6 is 0 Å². The highest BCUT2D eigenvalue weighted by Gasteiger charge is 2.24. The maximum atomic E-state index is 12.6. The van der Waals surface area contributed by atoms with Gasteiger partial charge in [0, 0.05) is 38.4 Å². The Labute approximate surface area is 151 Å². The zero-order valence-electron chi connectivity index (χ0n) is 14.7. The molecule has 1 fully saturated rings. The van der Waals surface area contributed by atoms with E-state index in [0.717, 1.165) is 37.4 Å². The van der Waals surface area contributed by atoms with Crippen LogP contribution < -0.4 is 15.2 Å². The van der Waals surface area contributed by atoms with Gasteiger partial charge in [0.2, 0.25) is 5.95 Å². The van der Waals surface area contributed by atoms with Crippen LogP contribution in [0.2, 0.25) is 0 Å². The maximum Gasteiger partial charge on any atom is 0.316 e. The van der Waals surface area contributed by atoms with Crippen LogP contribution in [-0.4, -0.2) is 39.2 Å². The molecule has 0 spiro atoms. The molecule has 26 heavy (non-hydrogen) atoms. The molecule has 1 atom stereocenters. The van der Waals surface area contributed by atoms with Crippen molar-refractivity contribution in [2.75, 3.05) is 24.6 Å². The number of ether oxygens (including phenoxy) is 1. The van der Waals surface area contributed by atoms with Crippen LogP contribution in [-0.2, 0) is 7.05 Å². The molecule has 0 bridgehead atoms. The summed E-state index contributed by atoms with van der Waals surface area (Å²) in [4.78, 5) is 27.7. The Hall–Kier alpha value is -2.96. The molecule has 4 rings (SSSR count). The van der Waals surface area contributed by atoms with E-state index in [9.17, 15) is 4.79 Å². The van der Waals surface area contributed by atoms with E-state index in [1.54, 1.807) is 30.1 Å². The van der Waals surface area contributed by atoms with Gasteiger partial charge in [0.15, 0.2) is 0 Å². The summed E-state index contributed by atoms with van der Waals surface area (Å²) in [6.07, 6.45) is 5.45. The summed E-state index contributed by atoms with van der Waals surface area (Å²) in [5, 5.41) is 0.650. The van der Waals surface area contributed by atoms with E-state index in [2.05, 4.69) is 14.9 Å². The number of piperidine rings is 1. The lowest BCUT2D eigenvalue weighted by Crippen LogP contribution is -2.41. The Bertz CT molecular complexity index is 957. The second-order valence-electron chi connectivity index (χ2n) is 6.59. The number of anilines is 1. The summed E-state index contributed by atoms with van der Waals surface area (Å²) in [6.45, 7) is 2.24. The van der Waals surface area contributed by atoms with E-state index >= 15 is 0 Å². The zero-order chi connectivity index (χ0) is 17.9. The van der Waals surface area contributed by atoms with E-state index < -0.39 is 0 Å². The van der Waals surface area contributed by atoms with Gasteiger partial charge in [-0.15, -0.1) is 0 Å². The number of hydrogen-bond donors (Lipinski definition) is 0. The fourth-order valence-corrected chi connectivity index (χ4v) is 3.42. The van der Waals surface area contributed by atoms with Crippen molar-refractivity contribution >= 4 is 16.9 Å². The molecule has 7 nitrogen and oxygen atoms in total. The van der Waals surface area contributed by atoms with Crippen molar-refractivity contribution in [2.45, 2.75) is 12.8 Å². The minimum absolute atomic E-state index is 0.0124. The fourth-order valence-electron chi connectivity index (χ4n) is 3.42. The van der Waals surface area contributed by atoms with Gasteiger partial charge < -0.3 is 9.64 Å². The van der Waals surface area contributed by atoms with Gasteiger partial charge in [0.05, 0.1) is 17.5 Å². The lowest BCUT2D eigenvalue weighted by Gasteiger charge is -2.34. The van der Waals surface area contributed by atoms with Crippen molar-refractivity contribution in [3.05, 3.63) is 53.1 Å². The van der Waals surface area contributed by atoms with E-state index in [-0.39, 0.29) is 5.56 Å². The number of aromatic nitrogens is 4. The SMILES string of the molecule is Cn1c(N2CCCC(COc3ncccn3)C2)nc2ccccc2c1=O. The number of para-hydroxylation sites is 1. The Balaban J connectivity index is 1.53. The van der Waals surface area contributed by atoms with Crippen LogP contribution in [0.25, 0.3) is 10.9 Å². The van der Waals surface area contributed by atoms with Crippen molar-refractivity contribution in [1.29, 1.82) is 0 Å². The van der Waals surface area contributed by atoms with Crippen molar-refractivity contribution in [3.8, 4) is 6.01 Å². The molecule has 0 aliphatic carbocycles. The third-order valence-electron chi connectivity index (χ3n) is 4.75. The highest BCUT2D eigenvalue weighted by atomic mass is 16.5. The molecule has 3 heterocycles. The van der Waals surface area contributed by atoms with Gasteiger partial charge in [-0.3, -0.25) is 9.36 Å². The molecule has 2 aromatic heterocycles. The molecule has 0 saturated carbocycles. The number of hydrogen-bond acceptors (Lipinski definition) is 6. The molecule has 134 valence electrons. The minimum Gasteiger partial charge on any atom is -0.463 e. The summed E-state index contributed by atoms with van der Waals surface area (Å²) in [5.74, 6) is 1.06. The molecule has 1 aliphatic rings. The molecule has 7 heteroatoms. The predicted molar refractivity (Wildman–Crippen MR) is 99.4 cm³/mol. The fraction of sp³-hybridized carbons (Fsp3) is 0.368. The van der Waals surface area contributed by atoms with Crippen LogP contribution in [0.5, 0.6) is 6.01 Å². The number of rotatable bonds is 4. The quantitative estimate of drug-likeness (QED) is 0.716. The van der Waals surface area contributed by atoms with Crippen LogP contribution in [0.3, 0.4) is 0 Å². The lowest BCUT2D eigenvalue weighted by atomic mass is 9.99. The molecule has 0 N–H and O–H groups in total. The highest BCUT2D eigenvalue weighted by Crippen LogP contribution is 2.22. The Morgan fingerprint density at radius 1 is 1.19 bits per heavy atom. The van der Waals surface area contributed by atoms with Crippen LogP contribution in [0.15, 0.2) is 47.5 Å². The summed E-state index contributed by atoms with van der Waals surface area (Å²) >= 11 is 0. The van der Waals surface area contributed by atoms with Gasteiger partial charge in [-0.2, -0.15) is 0 Å². The van der Waals surface area contributed by atoms with Gasteiger partial charge in [-0.25, -0.2) is 15.0 Å². The number of benzene rings is 1. The Morgan fingerprint density at radius 3 is 2.85 bits per heavy atom. The molecule has 1 unspecified atom stereocenters. The Kier molecular flexibility index (Phi) is 4.51. The largest absolute Gasteiger partial charge is 0.463 e. The first-order chi connectivity index (χ1) is 12.7. The van der Waals surface area contributed by atoms with Crippen molar-refractivity contribution in [3.63, 3.8) is 0 Å². The number of fused-ring (bicyclic) bond motifs is 1. The topological polar surface area (TPSA) is 73.1 Å². The summed E-state index contributed by atoms with van der Waals surface area (Å²) in [5.41, 5.74) is 0.725. The first-order valence-electron chi connectivity index (χ1n) is 8.83. The normalized spacial score (nSPS) is 17.4. The number of nitrogens with zero attached hydrogens (tertiary/aromatic N) is 5. The van der Waals surface area contributed by atoms with Crippen molar-refractivity contribution in [1.82, 2.24) is 19.5 Å². The Morgan fingerprint density at radius 2 is 2.00 bits per heavy atom. The van der Waals surface area contributed by atoms with Crippen molar-refractivity contribution < 1.29 is 4.74 Å². The summed E-state index contributed by atoms with van der Waals surface area (Å²) in [6, 6.07) is 9.65. The lowest BCUT2D eigenvalue weighted by molar-refractivity contribution is 0.213. The molecule has 0 radical (unpaired) electrons. The van der Waals surface area contributed by atoms with Gasteiger partial charge in [0.25, 0.3) is 5.56 Å². The summed E-state index contributed by atoms with van der Waals surface area (Å²) < 4.78 is 7.36. The van der Waals surface area contributed by atoms with Gasteiger partial charge >= 0.3 is 6.01 Å². The molecule has 3 aromatic rings. The van der Waals surface area contributed by atoms with Crippen LogP contribution in [0, 0.1) is 5.92 Å². The van der Waals surface area contributed by atoms with Crippen LogP contribution in [0.4, 0.5) is 5.95 Å². The molecule has 1 aromatic carbocycles. The molecule has 1 saturated heterocycles. The average Bonchev–Trinajstić information content (AvgIpc) is 2.70. The van der Waals surface area contributed by atoms with E-state index in [1.807, 2.05) is 24.3 Å². The predicted octanol–water partition coefficient (Wildman–Crippen LogP) is 2.02. The third kappa shape index (κ3) is 3.24. The smallest absolute Gasteiger partial charge is 0.316 e. The molecular formula is C19H21N5O2. The maximum absolute atomic E-state index is 12.6. The van der Waals surface area contributed by atoms with E-state index in [4.69, 9.17) is 9.72 Å². The van der Waals surface area contributed by atoms with E-state index in [0.29, 0.717) is 23.9 Å². The molecule has 1 aliphatic heterocycles. The van der Waals surface area contributed by atoms with Gasteiger partial charge in [-0.1, -0.05) is 12.1 Å². The monoisotopic (exact) mass is 351 g/mol. The highest BCUT2D eigenvalue weighted by molar-refractivity contribution is 5.78. The third-order valence-corrected chi connectivity index (χ3v) is 4.75. The zero-order valence-corrected chi connectivity index (χ0v) is 14.7. The van der Waals surface area contributed by atoms with Crippen LogP contribution in [0.1, 0.15) is 12.8 Å². The molecular weight excluding hydrogens is 330 g/mol. The first kappa shape index (κ1) is 16.5. The standard InChI is InChI=1S/C19H21N5O2/c1-23-17(25)15-7-2-3-8-16(15)22-19(23)24-11-4-6-14(12-24)13-26-18-20-9-5-10-21-18/h2-3,5,7-10,14H,4,6,11-13H2,1H3.